The van der Waals surface area contributed by atoms with Gasteiger partial charge in [-0.15, -0.1) is 0 Å². The molecule has 0 amide bonds. The number of nitrogens with one attached hydrogen (secondary N) is 1. The smallest absolute Gasteiger partial charge is 0.0641 e. The Morgan fingerprint density at radius 2 is 2.00 bits per heavy atom. The van der Waals surface area contributed by atoms with Crippen LogP contribution in [0, 0.1) is 0 Å². The Morgan fingerprint density at radius 1 is 1.24 bits per heavy atom. The molecule has 2 aliphatic heterocycles. The van der Waals surface area contributed by atoms with E-state index in [9.17, 15) is 0 Å². The van der Waals surface area contributed by atoms with Crippen molar-refractivity contribution in [3.05, 3.63) is 0 Å². The Morgan fingerprint density at radius 3 is 2.71 bits per heavy atom. The molecule has 0 aliphatic carbocycles. The van der Waals surface area contributed by atoms with Gasteiger partial charge in [-0.25, -0.2) is 0 Å². The molecule has 1 N–H and O–H groups in total. The first-order valence-electron chi connectivity index (χ1n) is 6.83. The van der Waals surface area contributed by atoms with Crippen LogP contribution in [0.5, 0.6) is 0 Å². The summed E-state index contributed by atoms with van der Waals surface area (Å²) < 4.78 is 11.1. The average molecular weight is 242 g/mol. The molecule has 1 atom stereocenters. The molecule has 0 radical (unpaired) electrons. The van der Waals surface area contributed by atoms with Crippen LogP contribution in [0.15, 0.2) is 0 Å². The quantitative estimate of drug-likeness (QED) is 0.793. The van der Waals surface area contributed by atoms with Gasteiger partial charge in [-0.2, -0.15) is 0 Å². The fourth-order valence-corrected chi connectivity index (χ4v) is 2.66. The van der Waals surface area contributed by atoms with Crippen molar-refractivity contribution >= 4 is 0 Å². The van der Waals surface area contributed by atoms with E-state index < -0.39 is 0 Å². The molecular weight excluding hydrogens is 216 g/mol. The van der Waals surface area contributed by atoms with Gasteiger partial charge in [0.05, 0.1) is 18.8 Å². The summed E-state index contributed by atoms with van der Waals surface area (Å²) in [7, 11) is 0. The first-order valence-corrected chi connectivity index (χ1v) is 6.83. The van der Waals surface area contributed by atoms with Gasteiger partial charge in [-0.1, -0.05) is 0 Å². The molecule has 0 spiro atoms. The van der Waals surface area contributed by atoms with Gasteiger partial charge in [0.15, 0.2) is 0 Å². The lowest BCUT2D eigenvalue weighted by Gasteiger charge is -2.36. The third kappa shape index (κ3) is 4.54. The van der Waals surface area contributed by atoms with Crippen LogP contribution in [-0.2, 0) is 9.47 Å². The second-order valence-electron chi connectivity index (χ2n) is 5.71. The molecule has 2 fully saturated rings. The SMILES string of the molecule is CC1(C)CC(NCCN2CCOCC2)CCO1. The van der Waals surface area contributed by atoms with E-state index in [0.29, 0.717) is 6.04 Å². The minimum Gasteiger partial charge on any atom is -0.379 e. The molecule has 100 valence electrons. The summed E-state index contributed by atoms with van der Waals surface area (Å²) in [5.74, 6) is 0. The normalized spacial score (nSPS) is 30.4. The highest BCUT2D eigenvalue weighted by molar-refractivity contribution is 4.83. The Bertz CT molecular complexity index is 227. The number of ether oxygens (including phenoxy) is 2. The third-order valence-electron chi connectivity index (χ3n) is 3.66. The topological polar surface area (TPSA) is 33.7 Å². The molecule has 4 nitrogen and oxygen atoms in total. The molecule has 0 aromatic heterocycles. The highest BCUT2D eigenvalue weighted by atomic mass is 16.5. The Kier molecular flexibility index (Phi) is 4.79. The van der Waals surface area contributed by atoms with E-state index in [0.717, 1.165) is 58.8 Å². The van der Waals surface area contributed by atoms with Gasteiger partial charge in [0, 0.05) is 38.8 Å². The highest BCUT2D eigenvalue weighted by Gasteiger charge is 2.28. The molecule has 4 heteroatoms. The van der Waals surface area contributed by atoms with Crippen molar-refractivity contribution in [3.63, 3.8) is 0 Å². The second-order valence-corrected chi connectivity index (χ2v) is 5.71. The van der Waals surface area contributed by atoms with Gasteiger partial charge >= 0.3 is 0 Å². The third-order valence-corrected chi connectivity index (χ3v) is 3.66. The molecule has 2 saturated heterocycles. The van der Waals surface area contributed by atoms with Crippen LogP contribution >= 0.6 is 0 Å². The number of morpholine rings is 1. The van der Waals surface area contributed by atoms with Gasteiger partial charge in [-0.05, 0) is 26.7 Å². The Hall–Kier alpha value is -0.160. The number of rotatable bonds is 4. The van der Waals surface area contributed by atoms with Crippen LogP contribution in [0.3, 0.4) is 0 Å². The summed E-state index contributed by atoms with van der Waals surface area (Å²) >= 11 is 0. The first-order chi connectivity index (χ1) is 8.16. The minimum absolute atomic E-state index is 0.0505. The molecule has 17 heavy (non-hydrogen) atoms. The average Bonchev–Trinajstić information content (AvgIpc) is 2.29. The molecule has 2 aliphatic rings. The number of hydrogen-bond acceptors (Lipinski definition) is 4. The lowest BCUT2D eigenvalue weighted by atomic mass is 9.94. The zero-order valence-electron chi connectivity index (χ0n) is 11.2. The number of nitrogens with zero attached hydrogens (tertiary/aromatic N) is 1. The van der Waals surface area contributed by atoms with E-state index in [1.54, 1.807) is 0 Å². The molecule has 2 heterocycles. The van der Waals surface area contributed by atoms with E-state index in [4.69, 9.17) is 9.47 Å². The molecular formula is C13H26N2O2. The first kappa shape index (κ1) is 13.3. The van der Waals surface area contributed by atoms with Gasteiger partial charge in [0.25, 0.3) is 0 Å². The summed E-state index contributed by atoms with van der Waals surface area (Å²) in [5, 5.41) is 3.66. The fraction of sp³-hybridized carbons (Fsp3) is 1.00. The Balaban J connectivity index is 1.61. The highest BCUT2D eigenvalue weighted by Crippen LogP contribution is 2.23. The van der Waals surface area contributed by atoms with E-state index >= 15 is 0 Å². The fourth-order valence-electron chi connectivity index (χ4n) is 2.66. The van der Waals surface area contributed by atoms with Gasteiger partial charge in [-0.3, -0.25) is 4.90 Å². The van der Waals surface area contributed by atoms with Crippen LogP contribution in [0.2, 0.25) is 0 Å². The summed E-state index contributed by atoms with van der Waals surface area (Å²) in [5.41, 5.74) is 0.0505. The van der Waals surface area contributed by atoms with Crippen LogP contribution < -0.4 is 5.32 Å². The maximum absolute atomic E-state index is 5.72. The van der Waals surface area contributed by atoms with Crippen molar-refractivity contribution in [2.45, 2.75) is 38.3 Å². The van der Waals surface area contributed by atoms with Gasteiger partial charge in [0.2, 0.25) is 0 Å². The zero-order valence-corrected chi connectivity index (χ0v) is 11.2. The van der Waals surface area contributed by atoms with Crippen LogP contribution in [0.1, 0.15) is 26.7 Å². The lowest BCUT2D eigenvalue weighted by molar-refractivity contribution is -0.0631. The van der Waals surface area contributed by atoms with Crippen LogP contribution in [0.25, 0.3) is 0 Å². The van der Waals surface area contributed by atoms with Crippen LogP contribution in [0.4, 0.5) is 0 Å². The van der Waals surface area contributed by atoms with Crippen molar-refractivity contribution in [3.8, 4) is 0 Å². The number of hydrogen-bond donors (Lipinski definition) is 1. The zero-order chi connectivity index (χ0) is 12.1. The van der Waals surface area contributed by atoms with Gasteiger partial charge < -0.3 is 14.8 Å². The maximum Gasteiger partial charge on any atom is 0.0641 e. The molecule has 0 saturated carbocycles. The molecule has 1 unspecified atom stereocenters. The monoisotopic (exact) mass is 242 g/mol. The Labute approximate surface area is 105 Å². The molecule has 2 rings (SSSR count). The summed E-state index contributed by atoms with van der Waals surface area (Å²) in [6, 6.07) is 0.625. The minimum atomic E-state index is 0.0505. The summed E-state index contributed by atoms with van der Waals surface area (Å²) in [4.78, 5) is 2.47. The summed E-state index contributed by atoms with van der Waals surface area (Å²) in [6.07, 6.45) is 2.27. The predicted octanol–water partition coefficient (Wildman–Crippen LogP) is 0.866. The second kappa shape index (κ2) is 6.14. The van der Waals surface area contributed by atoms with Gasteiger partial charge in [0.1, 0.15) is 0 Å². The summed E-state index contributed by atoms with van der Waals surface area (Å²) in [6.45, 7) is 11.4. The molecule has 0 aromatic rings. The van der Waals surface area contributed by atoms with E-state index in [1.807, 2.05) is 0 Å². The molecule has 0 aromatic carbocycles. The van der Waals surface area contributed by atoms with E-state index in [-0.39, 0.29) is 5.60 Å². The van der Waals surface area contributed by atoms with Crippen molar-refractivity contribution in [1.82, 2.24) is 10.2 Å². The van der Waals surface area contributed by atoms with Crippen LogP contribution in [-0.4, -0.2) is 62.5 Å². The van der Waals surface area contributed by atoms with Crippen molar-refractivity contribution in [1.29, 1.82) is 0 Å². The van der Waals surface area contributed by atoms with E-state index in [2.05, 4.69) is 24.1 Å². The molecule has 0 bridgehead atoms. The maximum atomic E-state index is 5.72. The van der Waals surface area contributed by atoms with Crippen molar-refractivity contribution in [2.24, 2.45) is 0 Å². The standard InChI is InChI=1S/C13H26N2O2/c1-13(2)11-12(3-8-17-13)14-4-5-15-6-9-16-10-7-15/h12,14H,3-11H2,1-2H3. The largest absolute Gasteiger partial charge is 0.379 e. The van der Waals surface area contributed by atoms with E-state index in [1.165, 1.54) is 0 Å². The van der Waals surface area contributed by atoms with Crippen molar-refractivity contribution < 1.29 is 9.47 Å². The predicted molar refractivity (Wildman–Crippen MR) is 68.3 cm³/mol. The van der Waals surface area contributed by atoms with Crippen molar-refractivity contribution in [2.75, 3.05) is 46.0 Å². The lowest BCUT2D eigenvalue weighted by Crippen LogP contribution is -2.47.